The number of amides is 1. The van der Waals surface area contributed by atoms with Gasteiger partial charge in [-0.2, -0.15) is 5.10 Å². The van der Waals surface area contributed by atoms with E-state index < -0.39 is 0 Å². The van der Waals surface area contributed by atoms with Gasteiger partial charge in [0.15, 0.2) is 0 Å². The molecule has 2 heterocycles. The molecule has 0 saturated heterocycles. The normalized spacial score (nSPS) is 10.7. The number of anilines is 1. The van der Waals surface area contributed by atoms with Crippen LogP contribution in [0.25, 0.3) is 5.69 Å². The molecule has 2 aromatic heterocycles. The fourth-order valence-electron chi connectivity index (χ4n) is 2.60. The Balaban J connectivity index is 1.94. The molecule has 24 heavy (non-hydrogen) atoms. The molecule has 3 aromatic rings. The van der Waals surface area contributed by atoms with E-state index in [1.165, 1.54) is 0 Å². The molecule has 1 amide bonds. The Morgan fingerprint density at radius 1 is 1.08 bits per heavy atom. The third kappa shape index (κ3) is 3.23. The summed E-state index contributed by atoms with van der Waals surface area (Å²) in [6.45, 7) is 5.61. The molecule has 5 nitrogen and oxygen atoms in total. The molecule has 0 aliphatic heterocycles. The maximum Gasteiger partial charge on any atom is 0.260 e. The molecule has 0 radical (unpaired) electrons. The molecule has 122 valence electrons. The van der Waals surface area contributed by atoms with E-state index in [2.05, 4.69) is 31.3 Å². The van der Waals surface area contributed by atoms with E-state index in [-0.39, 0.29) is 5.91 Å². The van der Waals surface area contributed by atoms with Crippen LogP contribution in [0.4, 0.5) is 5.82 Å². The van der Waals surface area contributed by atoms with Crippen molar-refractivity contribution in [3.05, 3.63) is 69.6 Å². The largest absolute Gasteiger partial charge is 0.306 e. The van der Waals surface area contributed by atoms with Crippen molar-refractivity contribution < 1.29 is 4.79 Å². The zero-order chi connectivity index (χ0) is 17.3. The van der Waals surface area contributed by atoms with E-state index in [1.807, 2.05) is 57.2 Å². The lowest BCUT2D eigenvalue weighted by Crippen LogP contribution is -2.15. The first-order valence-electron chi connectivity index (χ1n) is 7.53. The highest BCUT2D eigenvalue weighted by atomic mass is 79.9. The summed E-state index contributed by atoms with van der Waals surface area (Å²) in [6, 6.07) is 13.3. The highest BCUT2D eigenvalue weighted by Crippen LogP contribution is 2.20. The number of carbonyl (C=O) groups is 1. The molecule has 0 bridgehead atoms. The van der Waals surface area contributed by atoms with Crippen LogP contribution in [0.15, 0.2) is 46.9 Å². The minimum atomic E-state index is -0.202. The van der Waals surface area contributed by atoms with Crippen LogP contribution in [0.2, 0.25) is 0 Å². The second-order valence-corrected chi connectivity index (χ2v) is 6.47. The molecule has 3 rings (SSSR count). The van der Waals surface area contributed by atoms with Crippen molar-refractivity contribution in [1.82, 2.24) is 14.8 Å². The minimum Gasteiger partial charge on any atom is -0.306 e. The number of rotatable bonds is 3. The summed E-state index contributed by atoms with van der Waals surface area (Å²) in [5.74, 6) is 0.335. The predicted octanol–water partition coefficient (Wildman–Crippen LogP) is 4.21. The second-order valence-electron chi connectivity index (χ2n) is 5.55. The maximum absolute atomic E-state index is 12.7. The molecule has 0 spiro atoms. The Labute approximate surface area is 148 Å². The van der Waals surface area contributed by atoms with E-state index in [9.17, 15) is 4.79 Å². The summed E-state index contributed by atoms with van der Waals surface area (Å²) in [5.41, 5.74) is 3.81. The molecule has 0 saturated carbocycles. The molecule has 6 heteroatoms. The Bertz CT molecular complexity index is 900. The number of benzene rings is 1. The van der Waals surface area contributed by atoms with E-state index >= 15 is 0 Å². The molecular formula is C18H17BrN4O. The first-order valence-corrected chi connectivity index (χ1v) is 8.32. The minimum absolute atomic E-state index is 0.202. The van der Waals surface area contributed by atoms with Gasteiger partial charge in [0.05, 0.1) is 22.6 Å². The van der Waals surface area contributed by atoms with Gasteiger partial charge in [0, 0.05) is 10.2 Å². The molecule has 0 fully saturated rings. The van der Waals surface area contributed by atoms with Gasteiger partial charge in [0.1, 0.15) is 5.82 Å². The number of hydrogen-bond donors (Lipinski definition) is 1. The SMILES string of the molecule is Cc1cccc(NC(=O)c2c(C)nn(-c3ccc(Br)cc3)c2C)n1. The van der Waals surface area contributed by atoms with Crippen molar-refractivity contribution in [3.63, 3.8) is 0 Å². The average molecular weight is 385 g/mol. The van der Waals surface area contributed by atoms with Crippen LogP contribution in [0.1, 0.15) is 27.4 Å². The smallest absolute Gasteiger partial charge is 0.260 e. The quantitative estimate of drug-likeness (QED) is 0.735. The first-order chi connectivity index (χ1) is 11.5. The van der Waals surface area contributed by atoms with Crippen molar-refractivity contribution in [2.24, 2.45) is 0 Å². The van der Waals surface area contributed by atoms with Crippen molar-refractivity contribution in [2.45, 2.75) is 20.8 Å². The number of aryl methyl sites for hydroxylation is 2. The molecule has 1 N–H and O–H groups in total. The standard InChI is InChI=1S/C18H17BrN4O/c1-11-5-4-6-16(20-11)21-18(24)17-12(2)22-23(13(17)3)15-9-7-14(19)8-10-15/h4-10H,1-3H3,(H,20,21,24). The fraction of sp³-hybridized carbons (Fsp3) is 0.167. The van der Waals surface area contributed by atoms with E-state index in [1.54, 1.807) is 10.7 Å². The number of pyridine rings is 1. The maximum atomic E-state index is 12.7. The molecule has 0 unspecified atom stereocenters. The zero-order valence-corrected chi connectivity index (χ0v) is 15.3. The number of hydrogen-bond acceptors (Lipinski definition) is 3. The van der Waals surface area contributed by atoms with Gasteiger partial charge < -0.3 is 5.32 Å². The average Bonchev–Trinajstić information content (AvgIpc) is 2.83. The Morgan fingerprint density at radius 2 is 1.79 bits per heavy atom. The van der Waals surface area contributed by atoms with Gasteiger partial charge in [0.25, 0.3) is 5.91 Å². The summed E-state index contributed by atoms with van der Waals surface area (Å²) < 4.78 is 2.77. The van der Waals surface area contributed by atoms with Crippen LogP contribution < -0.4 is 5.32 Å². The summed E-state index contributed by atoms with van der Waals surface area (Å²) in [5, 5.41) is 7.35. The lowest BCUT2D eigenvalue weighted by atomic mass is 10.2. The summed E-state index contributed by atoms with van der Waals surface area (Å²) >= 11 is 3.42. The summed E-state index contributed by atoms with van der Waals surface area (Å²) in [4.78, 5) is 17.0. The molecular weight excluding hydrogens is 368 g/mol. The van der Waals surface area contributed by atoms with Gasteiger partial charge in [0.2, 0.25) is 0 Å². The number of halogens is 1. The van der Waals surface area contributed by atoms with E-state index in [4.69, 9.17) is 0 Å². The van der Waals surface area contributed by atoms with Gasteiger partial charge in [-0.15, -0.1) is 0 Å². The predicted molar refractivity (Wildman–Crippen MR) is 97.7 cm³/mol. The van der Waals surface area contributed by atoms with Gasteiger partial charge >= 0.3 is 0 Å². The van der Waals surface area contributed by atoms with Crippen LogP contribution in [0.3, 0.4) is 0 Å². The van der Waals surface area contributed by atoms with Crippen molar-refractivity contribution in [1.29, 1.82) is 0 Å². The number of carbonyl (C=O) groups excluding carboxylic acids is 1. The summed E-state index contributed by atoms with van der Waals surface area (Å²) in [7, 11) is 0. The monoisotopic (exact) mass is 384 g/mol. The van der Waals surface area contributed by atoms with Gasteiger partial charge in [-0.05, 0) is 57.2 Å². The topological polar surface area (TPSA) is 59.8 Å². The highest BCUT2D eigenvalue weighted by Gasteiger charge is 2.19. The van der Waals surface area contributed by atoms with Crippen LogP contribution in [-0.2, 0) is 0 Å². The van der Waals surface area contributed by atoms with Crippen LogP contribution in [-0.4, -0.2) is 20.7 Å². The van der Waals surface area contributed by atoms with Crippen LogP contribution in [0.5, 0.6) is 0 Å². The number of nitrogens with zero attached hydrogens (tertiary/aromatic N) is 3. The van der Waals surface area contributed by atoms with Gasteiger partial charge in [-0.25, -0.2) is 9.67 Å². The molecule has 0 atom stereocenters. The second kappa shape index (κ2) is 6.57. The van der Waals surface area contributed by atoms with Crippen LogP contribution >= 0.6 is 15.9 Å². The number of aromatic nitrogens is 3. The first kappa shape index (κ1) is 16.4. The molecule has 0 aliphatic rings. The Morgan fingerprint density at radius 3 is 2.46 bits per heavy atom. The van der Waals surface area contributed by atoms with Gasteiger partial charge in [-0.3, -0.25) is 4.79 Å². The third-order valence-electron chi connectivity index (χ3n) is 3.72. The lowest BCUT2D eigenvalue weighted by Gasteiger charge is -2.07. The molecule has 0 aliphatic carbocycles. The van der Waals surface area contributed by atoms with Crippen molar-refractivity contribution in [2.75, 3.05) is 5.32 Å². The fourth-order valence-corrected chi connectivity index (χ4v) is 2.86. The van der Waals surface area contributed by atoms with Gasteiger partial charge in [-0.1, -0.05) is 22.0 Å². The van der Waals surface area contributed by atoms with Crippen LogP contribution in [0, 0.1) is 20.8 Å². The third-order valence-corrected chi connectivity index (χ3v) is 4.25. The molecule has 1 aromatic carbocycles. The van der Waals surface area contributed by atoms with E-state index in [0.29, 0.717) is 17.1 Å². The Kier molecular flexibility index (Phi) is 4.49. The number of nitrogens with one attached hydrogen (secondary N) is 1. The Hall–Kier alpha value is -2.47. The lowest BCUT2D eigenvalue weighted by molar-refractivity contribution is 0.102. The van der Waals surface area contributed by atoms with E-state index in [0.717, 1.165) is 21.5 Å². The van der Waals surface area contributed by atoms with Crippen molar-refractivity contribution in [3.8, 4) is 5.69 Å². The van der Waals surface area contributed by atoms with Crippen molar-refractivity contribution >= 4 is 27.7 Å². The highest BCUT2D eigenvalue weighted by molar-refractivity contribution is 9.10. The summed E-state index contributed by atoms with van der Waals surface area (Å²) in [6.07, 6.45) is 0. The zero-order valence-electron chi connectivity index (χ0n) is 13.7.